The van der Waals surface area contributed by atoms with Gasteiger partial charge in [0.2, 0.25) is 5.91 Å². The van der Waals surface area contributed by atoms with Gasteiger partial charge in [0.05, 0.1) is 17.2 Å². The number of hydrogen-bond donors (Lipinski definition) is 2. The fraction of sp³-hybridized carbons (Fsp3) is 0.300. The molecule has 0 aliphatic carbocycles. The highest BCUT2D eigenvalue weighted by Gasteiger charge is 2.25. The summed E-state index contributed by atoms with van der Waals surface area (Å²) in [6, 6.07) is 13.1. The van der Waals surface area contributed by atoms with Crippen LogP contribution in [-0.4, -0.2) is 24.5 Å². The minimum atomic E-state index is -0.689. The molecule has 0 spiro atoms. The second-order valence-corrected chi connectivity index (χ2v) is 6.53. The topological polar surface area (TPSA) is 67.4 Å². The summed E-state index contributed by atoms with van der Waals surface area (Å²) in [7, 11) is 0. The molecule has 0 radical (unpaired) electrons. The Kier molecular flexibility index (Phi) is 7.04. The fourth-order valence-electron chi connectivity index (χ4n) is 2.42. The van der Waals surface area contributed by atoms with E-state index < -0.39 is 6.04 Å². The third kappa shape index (κ3) is 5.23. The maximum atomic E-state index is 12.6. The van der Waals surface area contributed by atoms with Crippen LogP contribution in [0.5, 0.6) is 5.75 Å². The van der Waals surface area contributed by atoms with Crippen LogP contribution in [0.1, 0.15) is 31.1 Å². The third-order valence-electron chi connectivity index (χ3n) is 3.79. The van der Waals surface area contributed by atoms with Gasteiger partial charge < -0.3 is 15.4 Å². The molecular weight excluding hydrogens is 352 g/mol. The summed E-state index contributed by atoms with van der Waals surface area (Å²) >= 11 is 6.06. The molecule has 1 atom stereocenters. The molecule has 6 heteroatoms. The van der Waals surface area contributed by atoms with E-state index in [0.29, 0.717) is 22.9 Å². The number of hydrogen-bond acceptors (Lipinski definition) is 3. The number of anilines is 1. The van der Waals surface area contributed by atoms with Gasteiger partial charge in [-0.15, -0.1) is 0 Å². The van der Waals surface area contributed by atoms with E-state index in [2.05, 4.69) is 10.6 Å². The summed E-state index contributed by atoms with van der Waals surface area (Å²) in [4.78, 5) is 25.1. The van der Waals surface area contributed by atoms with Crippen molar-refractivity contribution in [2.45, 2.75) is 26.8 Å². The van der Waals surface area contributed by atoms with Crippen LogP contribution in [0.4, 0.5) is 5.69 Å². The van der Waals surface area contributed by atoms with Crippen molar-refractivity contribution in [1.29, 1.82) is 0 Å². The van der Waals surface area contributed by atoms with Gasteiger partial charge in [-0.1, -0.05) is 37.6 Å². The van der Waals surface area contributed by atoms with Gasteiger partial charge in [-0.25, -0.2) is 0 Å². The predicted molar refractivity (Wildman–Crippen MR) is 104 cm³/mol. The van der Waals surface area contributed by atoms with E-state index in [1.807, 2.05) is 20.8 Å². The van der Waals surface area contributed by atoms with Crippen molar-refractivity contribution in [1.82, 2.24) is 5.32 Å². The van der Waals surface area contributed by atoms with E-state index in [9.17, 15) is 9.59 Å². The number of rotatable bonds is 7. The third-order valence-corrected chi connectivity index (χ3v) is 4.12. The molecular formula is C20H23ClN2O3. The smallest absolute Gasteiger partial charge is 0.253 e. The van der Waals surface area contributed by atoms with Crippen LogP contribution in [0.15, 0.2) is 48.5 Å². The van der Waals surface area contributed by atoms with Crippen LogP contribution >= 0.6 is 11.6 Å². The first-order valence-corrected chi connectivity index (χ1v) is 8.89. The molecule has 0 bridgehead atoms. The Morgan fingerprint density at radius 1 is 1.08 bits per heavy atom. The largest absolute Gasteiger partial charge is 0.494 e. The zero-order valence-electron chi connectivity index (χ0n) is 15.1. The summed E-state index contributed by atoms with van der Waals surface area (Å²) in [6.07, 6.45) is 0. The Bertz CT molecular complexity index is 760. The fourth-order valence-corrected chi connectivity index (χ4v) is 2.64. The Balaban J connectivity index is 2.07. The Morgan fingerprint density at radius 2 is 1.73 bits per heavy atom. The Labute approximate surface area is 158 Å². The highest BCUT2D eigenvalue weighted by Crippen LogP contribution is 2.18. The Hall–Kier alpha value is -2.53. The van der Waals surface area contributed by atoms with E-state index in [1.54, 1.807) is 48.5 Å². The number of amides is 2. The van der Waals surface area contributed by atoms with Crippen LogP contribution in [0, 0.1) is 5.92 Å². The molecule has 2 aromatic rings. The van der Waals surface area contributed by atoms with Crippen molar-refractivity contribution in [3.63, 3.8) is 0 Å². The van der Waals surface area contributed by atoms with Gasteiger partial charge in [-0.05, 0) is 49.2 Å². The molecule has 0 fully saturated rings. The number of halogens is 1. The van der Waals surface area contributed by atoms with Crippen molar-refractivity contribution in [2.24, 2.45) is 5.92 Å². The van der Waals surface area contributed by atoms with Crippen LogP contribution < -0.4 is 15.4 Å². The molecule has 0 aliphatic rings. The quantitative estimate of drug-likeness (QED) is 0.765. The minimum Gasteiger partial charge on any atom is -0.494 e. The average molecular weight is 375 g/mol. The van der Waals surface area contributed by atoms with Crippen molar-refractivity contribution < 1.29 is 14.3 Å². The van der Waals surface area contributed by atoms with Gasteiger partial charge in [0.1, 0.15) is 11.8 Å². The van der Waals surface area contributed by atoms with Crippen LogP contribution in [0.3, 0.4) is 0 Å². The molecule has 0 unspecified atom stereocenters. The zero-order chi connectivity index (χ0) is 19.1. The monoisotopic (exact) mass is 374 g/mol. The van der Waals surface area contributed by atoms with Gasteiger partial charge in [0.25, 0.3) is 5.91 Å². The lowest BCUT2D eigenvalue weighted by atomic mass is 10.0. The maximum Gasteiger partial charge on any atom is 0.253 e. The van der Waals surface area contributed by atoms with Crippen LogP contribution in [-0.2, 0) is 4.79 Å². The summed E-state index contributed by atoms with van der Waals surface area (Å²) in [5.74, 6) is -0.0252. The molecule has 0 saturated carbocycles. The molecule has 0 aromatic heterocycles. The lowest BCUT2D eigenvalue weighted by Crippen LogP contribution is -2.47. The van der Waals surface area contributed by atoms with Gasteiger partial charge in [-0.2, -0.15) is 0 Å². The second kappa shape index (κ2) is 9.25. The van der Waals surface area contributed by atoms with Gasteiger partial charge in [0, 0.05) is 5.69 Å². The molecule has 0 saturated heterocycles. The van der Waals surface area contributed by atoms with Crippen LogP contribution in [0.25, 0.3) is 0 Å². The van der Waals surface area contributed by atoms with Gasteiger partial charge in [-0.3, -0.25) is 9.59 Å². The Morgan fingerprint density at radius 3 is 2.31 bits per heavy atom. The van der Waals surface area contributed by atoms with E-state index >= 15 is 0 Å². The van der Waals surface area contributed by atoms with E-state index in [0.717, 1.165) is 5.75 Å². The highest BCUT2D eigenvalue weighted by molar-refractivity contribution is 6.33. The molecule has 2 amide bonds. The number of carbonyl (C=O) groups excluding carboxylic acids is 2. The van der Waals surface area contributed by atoms with E-state index in [-0.39, 0.29) is 17.7 Å². The maximum absolute atomic E-state index is 12.6. The van der Waals surface area contributed by atoms with Gasteiger partial charge in [0.15, 0.2) is 0 Å². The summed E-state index contributed by atoms with van der Waals surface area (Å²) in [6.45, 7) is 6.23. The second-order valence-electron chi connectivity index (χ2n) is 6.12. The lowest BCUT2D eigenvalue weighted by molar-refractivity contribution is -0.118. The lowest BCUT2D eigenvalue weighted by Gasteiger charge is -2.22. The van der Waals surface area contributed by atoms with Crippen molar-refractivity contribution in [3.05, 3.63) is 59.1 Å². The van der Waals surface area contributed by atoms with Crippen molar-refractivity contribution >= 4 is 29.1 Å². The molecule has 138 valence electrons. The molecule has 2 rings (SSSR count). The average Bonchev–Trinajstić information content (AvgIpc) is 2.61. The van der Waals surface area contributed by atoms with Crippen molar-refractivity contribution in [2.75, 3.05) is 11.9 Å². The van der Waals surface area contributed by atoms with Gasteiger partial charge >= 0.3 is 0 Å². The number of carbonyl (C=O) groups is 2. The zero-order valence-corrected chi connectivity index (χ0v) is 15.8. The molecule has 0 heterocycles. The first-order chi connectivity index (χ1) is 12.4. The standard InChI is InChI=1S/C20H23ClN2O3/c1-4-26-15-11-9-14(10-12-15)22-20(25)18(13(2)3)23-19(24)16-7-5-6-8-17(16)21/h5-13,18H,4H2,1-3H3,(H,22,25)(H,23,24)/t18-/m0/s1. The molecule has 0 aliphatic heterocycles. The first-order valence-electron chi connectivity index (χ1n) is 8.51. The summed E-state index contributed by atoms with van der Waals surface area (Å²) in [5, 5.41) is 5.93. The first kappa shape index (κ1) is 19.8. The summed E-state index contributed by atoms with van der Waals surface area (Å²) in [5.41, 5.74) is 0.977. The molecule has 5 nitrogen and oxygen atoms in total. The molecule has 2 N–H and O–H groups in total. The summed E-state index contributed by atoms with van der Waals surface area (Å²) < 4.78 is 5.38. The van der Waals surface area contributed by atoms with Crippen LogP contribution in [0.2, 0.25) is 5.02 Å². The number of nitrogens with one attached hydrogen (secondary N) is 2. The number of ether oxygens (including phenoxy) is 1. The van der Waals surface area contributed by atoms with E-state index in [4.69, 9.17) is 16.3 Å². The molecule has 2 aromatic carbocycles. The highest BCUT2D eigenvalue weighted by atomic mass is 35.5. The van der Waals surface area contributed by atoms with Crippen molar-refractivity contribution in [3.8, 4) is 5.75 Å². The minimum absolute atomic E-state index is 0.0934. The number of benzene rings is 2. The van der Waals surface area contributed by atoms with E-state index in [1.165, 1.54) is 0 Å². The molecule has 26 heavy (non-hydrogen) atoms. The normalized spacial score (nSPS) is 11.7. The SMILES string of the molecule is CCOc1ccc(NC(=O)[C@@H](NC(=O)c2ccccc2Cl)C(C)C)cc1. The predicted octanol–water partition coefficient (Wildman–Crippen LogP) is 4.13.